The van der Waals surface area contributed by atoms with Crippen molar-refractivity contribution in [3.8, 4) is 0 Å². The van der Waals surface area contributed by atoms with Crippen LogP contribution in [0.15, 0.2) is 84.3 Å². The van der Waals surface area contributed by atoms with E-state index in [9.17, 15) is 9.59 Å². The second-order valence-corrected chi connectivity index (χ2v) is 11.3. The van der Waals surface area contributed by atoms with Gasteiger partial charge < -0.3 is 20.0 Å². The Kier molecular flexibility index (Phi) is 6.54. The molecule has 3 aromatic rings. The van der Waals surface area contributed by atoms with Crippen LogP contribution >= 0.6 is 0 Å². The van der Waals surface area contributed by atoms with Gasteiger partial charge in [-0.15, -0.1) is 0 Å². The summed E-state index contributed by atoms with van der Waals surface area (Å²) in [6, 6.07) is 19.6. The van der Waals surface area contributed by atoms with Crippen LogP contribution in [0.4, 0.5) is 17.3 Å². The molecule has 1 aromatic heterocycles. The van der Waals surface area contributed by atoms with Gasteiger partial charge in [0.1, 0.15) is 0 Å². The molecule has 39 heavy (non-hydrogen) atoms. The molecule has 1 fully saturated rings. The smallest absolute Gasteiger partial charge is 0.242 e. The van der Waals surface area contributed by atoms with E-state index in [4.69, 9.17) is 0 Å². The molecular formula is C31H34N6O2. The van der Waals surface area contributed by atoms with E-state index in [1.54, 1.807) is 18.5 Å². The van der Waals surface area contributed by atoms with E-state index < -0.39 is 0 Å². The van der Waals surface area contributed by atoms with Crippen LogP contribution in [-0.4, -0.2) is 59.3 Å². The Bertz CT molecular complexity index is 1400. The summed E-state index contributed by atoms with van der Waals surface area (Å²) in [6.07, 6.45) is 4.74. The minimum absolute atomic E-state index is 0.0482. The van der Waals surface area contributed by atoms with Crippen LogP contribution in [-0.2, 0) is 9.59 Å². The molecule has 0 radical (unpaired) electrons. The Morgan fingerprint density at radius 3 is 2.36 bits per heavy atom. The molecule has 1 N–H and O–H groups in total. The Hall–Kier alpha value is -4.20. The third-order valence-corrected chi connectivity index (χ3v) is 7.89. The Morgan fingerprint density at radius 1 is 0.923 bits per heavy atom. The van der Waals surface area contributed by atoms with Gasteiger partial charge in [0.15, 0.2) is 5.78 Å². The van der Waals surface area contributed by atoms with Crippen LogP contribution < -0.4 is 15.1 Å². The van der Waals surface area contributed by atoms with E-state index in [-0.39, 0.29) is 29.7 Å². The van der Waals surface area contributed by atoms with Crippen LogP contribution in [0, 0.1) is 5.41 Å². The molecule has 6 rings (SSSR count). The van der Waals surface area contributed by atoms with E-state index in [2.05, 4.69) is 51.1 Å². The second-order valence-electron chi connectivity index (χ2n) is 11.3. The van der Waals surface area contributed by atoms with Crippen molar-refractivity contribution >= 4 is 29.0 Å². The zero-order chi connectivity index (χ0) is 27.0. The number of piperazine rings is 1. The molecule has 0 saturated carbocycles. The van der Waals surface area contributed by atoms with Crippen molar-refractivity contribution in [2.75, 3.05) is 47.8 Å². The van der Waals surface area contributed by atoms with Crippen molar-refractivity contribution in [1.29, 1.82) is 0 Å². The highest BCUT2D eigenvalue weighted by molar-refractivity contribution is 6.01. The van der Waals surface area contributed by atoms with E-state index in [1.165, 1.54) is 0 Å². The van der Waals surface area contributed by atoms with Crippen molar-refractivity contribution in [2.45, 2.75) is 32.7 Å². The molecule has 200 valence electrons. The number of anilines is 3. The number of carbonyl (C=O) groups is 2. The Morgan fingerprint density at radius 2 is 1.62 bits per heavy atom. The predicted molar refractivity (Wildman–Crippen MR) is 152 cm³/mol. The van der Waals surface area contributed by atoms with E-state index in [0.717, 1.165) is 34.6 Å². The molecule has 2 aromatic carbocycles. The minimum Gasteiger partial charge on any atom is -0.357 e. The fraction of sp³-hybridized carbons (Fsp3) is 0.355. The first-order valence-corrected chi connectivity index (χ1v) is 13.6. The van der Waals surface area contributed by atoms with E-state index in [1.807, 2.05) is 47.4 Å². The van der Waals surface area contributed by atoms with Crippen LogP contribution in [0.2, 0.25) is 0 Å². The normalized spacial score (nSPS) is 20.6. The number of carbonyl (C=O) groups excluding carboxylic acids is 2. The summed E-state index contributed by atoms with van der Waals surface area (Å²) >= 11 is 0. The summed E-state index contributed by atoms with van der Waals surface area (Å²) in [5, 5.41) is 3.63. The zero-order valence-corrected chi connectivity index (χ0v) is 22.5. The lowest BCUT2D eigenvalue weighted by atomic mass is 9.73. The maximum Gasteiger partial charge on any atom is 0.242 e. The van der Waals surface area contributed by atoms with E-state index >= 15 is 0 Å². The Balaban J connectivity index is 1.34. The summed E-state index contributed by atoms with van der Waals surface area (Å²) < 4.78 is 0. The number of amides is 1. The summed E-state index contributed by atoms with van der Waals surface area (Å²) in [6.45, 7) is 7.02. The molecule has 2 aliphatic heterocycles. The van der Waals surface area contributed by atoms with Crippen LogP contribution in [0.5, 0.6) is 0 Å². The Labute approximate surface area is 229 Å². The highest BCUT2D eigenvalue weighted by Crippen LogP contribution is 2.48. The number of fused-ring (bicyclic) bond motifs is 1. The van der Waals surface area contributed by atoms with Crippen molar-refractivity contribution < 1.29 is 9.59 Å². The lowest BCUT2D eigenvalue weighted by Gasteiger charge is -2.39. The quantitative estimate of drug-likeness (QED) is 0.543. The molecule has 1 aliphatic carbocycles. The fourth-order valence-corrected chi connectivity index (χ4v) is 6.07. The van der Waals surface area contributed by atoms with E-state index in [0.29, 0.717) is 38.5 Å². The number of aromatic nitrogens is 2. The van der Waals surface area contributed by atoms with Gasteiger partial charge in [0.2, 0.25) is 11.9 Å². The molecule has 1 amide bonds. The molecule has 1 atom stereocenters. The van der Waals surface area contributed by atoms with Crippen LogP contribution in [0.25, 0.3) is 0 Å². The number of nitrogens with zero attached hydrogens (tertiary/aromatic N) is 5. The molecule has 1 saturated heterocycles. The van der Waals surface area contributed by atoms with Gasteiger partial charge in [0, 0.05) is 56.3 Å². The summed E-state index contributed by atoms with van der Waals surface area (Å²) in [5.74, 6) is 0.885. The van der Waals surface area contributed by atoms with Crippen LogP contribution in [0.3, 0.4) is 0 Å². The number of benzene rings is 2. The second kappa shape index (κ2) is 10.2. The van der Waals surface area contributed by atoms with Crippen molar-refractivity contribution in [1.82, 2.24) is 14.9 Å². The van der Waals surface area contributed by atoms with Crippen molar-refractivity contribution in [3.63, 3.8) is 0 Å². The topological polar surface area (TPSA) is 81.7 Å². The standard InChI is InChI=1S/C31H34N6O2/c1-31(2)19-24-28(26(38)20-31)29(22-9-4-3-5-10-22)37(25-12-7-6-11-23(25)34-24)21-27(39)35-15-17-36(18-16-35)30-32-13-8-14-33-30/h3-14,29,34H,15-21H2,1-2H3. The number of hydrogen-bond donors (Lipinski definition) is 1. The number of nitrogens with one attached hydrogen (secondary N) is 1. The number of para-hydroxylation sites is 2. The number of ketones is 1. The number of hydrogen-bond acceptors (Lipinski definition) is 7. The lowest BCUT2D eigenvalue weighted by molar-refractivity contribution is -0.130. The maximum atomic E-state index is 13.9. The molecule has 8 nitrogen and oxygen atoms in total. The monoisotopic (exact) mass is 522 g/mol. The average Bonchev–Trinajstić information content (AvgIpc) is 3.08. The van der Waals surface area contributed by atoms with Gasteiger partial charge >= 0.3 is 0 Å². The van der Waals surface area contributed by atoms with Gasteiger partial charge in [-0.3, -0.25) is 9.59 Å². The van der Waals surface area contributed by atoms with Gasteiger partial charge in [-0.25, -0.2) is 9.97 Å². The first kappa shape index (κ1) is 25.1. The minimum atomic E-state index is -0.357. The first-order chi connectivity index (χ1) is 18.9. The van der Waals surface area contributed by atoms with Gasteiger partial charge in [-0.05, 0) is 35.6 Å². The third-order valence-electron chi connectivity index (χ3n) is 7.89. The molecule has 0 bridgehead atoms. The molecule has 1 unspecified atom stereocenters. The highest BCUT2D eigenvalue weighted by Gasteiger charge is 2.42. The summed E-state index contributed by atoms with van der Waals surface area (Å²) in [4.78, 5) is 42.5. The SMILES string of the molecule is CC1(C)CC(=O)C2=C(C1)Nc1ccccc1N(CC(=O)N1CCN(c3ncccn3)CC1)C2c1ccccc1. The molecule has 3 heterocycles. The largest absolute Gasteiger partial charge is 0.357 e. The van der Waals surface area contributed by atoms with Crippen molar-refractivity contribution in [2.24, 2.45) is 5.41 Å². The van der Waals surface area contributed by atoms with Gasteiger partial charge in [-0.1, -0.05) is 56.3 Å². The first-order valence-electron chi connectivity index (χ1n) is 13.6. The molecule has 8 heteroatoms. The number of Topliss-reactive ketones (excluding diaryl/α,β-unsaturated/α-hetero) is 1. The molecule has 3 aliphatic rings. The van der Waals surface area contributed by atoms with Gasteiger partial charge in [-0.2, -0.15) is 0 Å². The number of rotatable bonds is 4. The van der Waals surface area contributed by atoms with Gasteiger partial charge in [0.25, 0.3) is 0 Å². The zero-order valence-electron chi connectivity index (χ0n) is 22.5. The lowest BCUT2D eigenvalue weighted by Crippen LogP contribution is -2.52. The highest BCUT2D eigenvalue weighted by atomic mass is 16.2. The third kappa shape index (κ3) is 4.99. The van der Waals surface area contributed by atoms with Crippen LogP contribution in [0.1, 0.15) is 38.3 Å². The summed E-state index contributed by atoms with van der Waals surface area (Å²) in [7, 11) is 0. The number of allylic oxidation sites excluding steroid dienone is 1. The fourth-order valence-electron chi connectivity index (χ4n) is 6.07. The molecule has 0 spiro atoms. The maximum absolute atomic E-state index is 13.9. The average molecular weight is 523 g/mol. The predicted octanol–water partition coefficient (Wildman–Crippen LogP) is 4.44. The van der Waals surface area contributed by atoms with Crippen molar-refractivity contribution in [3.05, 3.63) is 89.9 Å². The summed E-state index contributed by atoms with van der Waals surface area (Å²) in [5.41, 5.74) is 4.46. The van der Waals surface area contributed by atoms with Gasteiger partial charge in [0.05, 0.1) is 24.0 Å². The molecular weight excluding hydrogens is 488 g/mol.